The lowest BCUT2D eigenvalue weighted by Crippen LogP contribution is -2.51. The monoisotopic (exact) mass is 704 g/mol. The number of pyridine rings is 1. The van der Waals surface area contributed by atoms with Crippen LogP contribution in [-0.4, -0.2) is 76.6 Å². The maximum Gasteiger partial charge on any atom is 0.240 e. The molecule has 1 unspecified atom stereocenters. The van der Waals surface area contributed by atoms with Gasteiger partial charge in [0, 0.05) is 67.3 Å². The van der Waals surface area contributed by atoms with Gasteiger partial charge >= 0.3 is 0 Å². The molecule has 6 rings (SSSR count). The Bertz CT molecular complexity index is 2000. The first-order valence-corrected chi connectivity index (χ1v) is 17.7. The summed E-state index contributed by atoms with van der Waals surface area (Å²) in [5.41, 5.74) is 0.0801. The minimum Gasteiger partial charge on any atom is -0.497 e. The molecule has 3 aromatic carbocycles. The first-order chi connectivity index (χ1) is 23.5. The molecule has 4 aromatic rings. The lowest BCUT2D eigenvalue weighted by atomic mass is 9.72. The van der Waals surface area contributed by atoms with Crippen molar-refractivity contribution in [2.24, 2.45) is 0 Å². The van der Waals surface area contributed by atoms with Crippen molar-refractivity contribution in [1.82, 2.24) is 9.88 Å². The van der Waals surface area contributed by atoms with Crippen LogP contribution in [0.1, 0.15) is 31.4 Å². The van der Waals surface area contributed by atoms with E-state index < -0.39 is 21.2 Å². The Balaban J connectivity index is 1.47. The molecular formula is C36H37ClN4O7S. The van der Waals surface area contributed by atoms with E-state index in [0.717, 1.165) is 5.69 Å². The lowest BCUT2D eigenvalue weighted by Gasteiger charge is -2.38. The largest absolute Gasteiger partial charge is 0.497 e. The number of methoxy groups -OCH3 is 2. The Morgan fingerprint density at radius 2 is 1.63 bits per heavy atom. The molecule has 2 aliphatic heterocycles. The summed E-state index contributed by atoms with van der Waals surface area (Å²) in [6, 6.07) is 18.1. The topological polar surface area (TPSA) is 127 Å². The molecule has 3 heterocycles. The van der Waals surface area contributed by atoms with Gasteiger partial charge in [-0.05, 0) is 61.9 Å². The fourth-order valence-corrected chi connectivity index (χ4v) is 8.42. The number of aromatic nitrogens is 1. The first kappa shape index (κ1) is 34.1. The van der Waals surface area contributed by atoms with Gasteiger partial charge in [-0.2, -0.15) is 0 Å². The van der Waals surface area contributed by atoms with Crippen LogP contribution in [0.25, 0.3) is 0 Å². The Morgan fingerprint density at radius 1 is 0.918 bits per heavy atom. The second-order valence-electron chi connectivity index (χ2n) is 12.1. The van der Waals surface area contributed by atoms with Crippen LogP contribution in [0, 0.1) is 0 Å². The number of nitrogens with one attached hydrogen (secondary N) is 1. The molecule has 1 fully saturated rings. The van der Waals surface area contributed by atoms with E-state index in [9.17, 15) is 18.0 Å². The zero-order valence-corrected chi connectivity index (χ0v) is 29.2. The molecule has 0 aliphatic carbocycles. The quantitative estimate of drug-likeness (QED) is 0.233. The average Bonchev–Trinajstić information content (AvgIpc) is 3.38. The second-order valence-corrected chi connectivity index (χ2v) is 14.4. The number of benzene rings is 3. The van der Waals surface area contributed by atoms with Gasteiger partial charge in [0.15, 0.2) is 0 Å². The van der Waals surface area contributed by atoms with E-state index >= 15 is 0 Å². The Labute approximate surface area is 290 Å². The number of fused-ring (bicyclic) bond motifs is 1. The number of para-hydroxylation sites is 1. The van der Waals surface area contributed by atoms with Crippen molar-refractivity contribution >= 4 is 44.6 Å². The summed E-state index contributed by atoms with van der Waals surface area (Å²) in [7, 11) is -1.52. The number of piperazine rings is 1. The highest BCUT2D eigenvalue weighted by Gasteiger charge is 2.53. The lowest BCUT2D eigenvalue weighted by molar-refractivity contribution is -0.135. The molecule has 0 saturated carbocycles. The van der Waals surface area contributed by atoms with Gasteiger partial charge in [-0.1, -0.05) is 29.8 Å². The highest BCUT2D eigenvalue weighted by molar-refractivity contribution is 7.91. The van der Waals surface area contributed by atoms with Gasteiger partial charge in [0.05, 0.1) is 30.9 Å². The Hall–Kier alpha value is -4.81. The number of hydrogen-bond acceptors (Lipinski definition) is 9. The van der Waals surface area contributed by atoms with Crippen molar-refractivity contribution in [3.63, 3.8) is 0 Å². The number of nitrogens with zero attached hydrogens (tertiary/aromatic N) is 3. The zero-order valence-electron chi connectivity index (χ0n) is 27.6. The molecule has 1 N–H and O–H groups in total. The minimum atomic E-state index is -4.34. The maximum absolute atomic E-state index is 14.5. The van der Waals surface area contributed by atoms with Gasteiger partial charge in [-0.3, -0.25) is 14.6 Å². The van der Waals surface area contributed by atoms with Crippen molar-refractivity contribution in [2.45, 2.75) is 41.6 Å². The second kappa shape index (κ2) is 13.6. The first-order valence-electron chi connectivity index (χ1n) is 15.8. The number of rotatable bonds is 10. The smallest absolute Gasteiger partial charge is 0.240 e. The molecule has 11 nitrogen and oxygen atoms in total. The molecule has 0 bridgehead atoms. The third-order valence-corrected chi connectivity index (χ3v) is 10.9. The van der Waals surface area contributed by atoms with E-state index in [1.54, 1.807) is 47.6 Å². The predicted molar refractivity (Wildman–Crippen MR) is 186 cm³/mol. The van der Waals surface area contributed by atoms with E-state index in [1.165, 1.54) is 38.5 Å². The molecule has 49 heavy (non-hydrogen) atoms. The number of carbonyl (C=O) groups is 2. The van der Waals surface area contributed by atoms with Gasteiger partial charge in [0.2, 0.25) is 21.7 Å². The van der Waals surface area contributed by atoms with E-state index in [1.807, 2.05) is 26.0 Å². The maximum atomic E-state index is 14.5. The molecule has 0 radical (unpaired) electrons. The normalized spacial score (nSPS) is 17.5. The van der Waals surface area contributed by atoms with Crippen LogP contribution >= 0.6 is 11.6 Å². The van der Waals surface area contributed by atoms with Gasteiger partial charge in [0.1, 0.15) is 27.6 Å². The molecule has 2 amide bonds. The van der Waals surface area contributed by atoms with Crippen LogP contribution in [0.2, 0.25) is 5.02 Å². The van der Waals surface area contributed by atoms with E-state index in [4.69, 9.17) is 25.8 Å². The van der Waals surface area contributed by atoms with Crippen LogP contribution in [0.15, 0.2) is 88.9 Å². The SMILES string of the molecule is COc1ccc(S(=O)(=O)c2cc(Cl)cc3c2NC(=O)C3(CC(=O)N2CCN(c3ccncc3)CC2)c2ccccc2OC(C)C)c(OC)c1. The van der Waals surface area contributed by atoms with Crippen molar-refractivity contribution in [3.05, 3.63) is 95.3 Å². The van der Waals surface area contributed by atoms with Gasteiger partial charge in [-0.15, -0.1) is 0 Å². The summed E-state index contributed by atoms with van der Waals surface area (Å²) in [5, 5.41) is 2.93. The number of hydrogen-bond donors (Lipinski definition) is 1. The molecule has 256 valence electrons. The summed E-state index contributed by atoms with van der Waals surface area (Å²) in [4.78, 5) is 36.5. The summed E-state index contributed by atoms with van der Waals surface area (Å²) >= 11 is 6.70. The van der Waals surface area contributed by atoms with Gasteiger partial charge < -0.3 is 29.3 Å². The molecule has 1 aromatic heterocycles. The molecular weight excluding hydrogens is 668 g/mol. The van der Waals surface area contributed by atoms with Crippen LogP contribution in [-0.2, 0) is 24.8 Å². The number of halogens is 1. The number of anilines is 2. The molecule has 2 aliphatic rings. The van der Waals surface area contributed by atoms with Crippen molar-refractivity contribution in [3.8, 4) is 17.2 Å². The minimum absolute atomic E-state index is 0.0435. The van der Waals surface area contributed by atoms with Crippen LogP contribution < -0.4 is 24.4 Å². The number of carbonyl (C=O) groups excluding carboxylic acids is 2. The average molecular weight is 705 g/mol. The van der Waals surface area contributed by atoms with E-state index in [0.29, 0.717) is 43.2 Å². The van der Waals surface area contributed by atoms with Crippen LogP contribution in [0.5, 0.6) is 17.2 Å². The molecule has 13 heteroatoms. The summed E-state index contributed by atoms with van der Waals surface area (Å²) in [6.07, 6.45) is 2.92. The van der Waals surface area contributed by atoms with Crippen molar-refractivity contribution < 1.29 is 32.2 Å². The van der Waals surface area contributed by atoms with E-state index in [2.05, 4.69) is 15.2 Å². The third kappa shape index (κ3) is 6.26. The summed E-state index contributed by atoms with van der Waals surface area (Å²) in [6.45, 7) is 5.78. The molecule has 0 spiro atoms. The molecule has 1 atom stereocenters. The Kier molecular flexibility index (Phi) is 9.45. The number of ether oxygens (including phenoxy) is 3. The molecule has 1 saturated heterocycles. The predicted octanol–water partition coefficient (Wildman–Crippen LogP) is 5.35. The highest BCUT2D eigenvalue weighted by Crippen LogP contribution is 2.52. The third-order valence-electron chi connectivity index (χ3n) is 8.89. The van der Waals surface area contributed by atoms with Crippen molar-refractivity contribution in [2.75, 3.05) is 50.6 Å². The number of sulfone groups is 1. The fraction of sp³-hybridized carbons (Fsp3) is 0.306. The van der Waals surface area contributed by atoms with Crippen LogP contribution in [0.3, 0.4) is 0 Å². The van der Waals surface area contributed by atoms with Crippen molar-refractivity contribution in [1.29, 1.82) is 0 Å². The summed E-state index contributed by atoms with van der Waals surface area (Å²) in [5.74, 6) is 0.0307. The summed E-state index contributed by atoms with van der Waals surface area (Å²) < 4.78 is 45.6. The standard InChI is InChI=1S/C36H37ClN4O7S/c1-23(2)48-29-8-6-5-7-27(29)36(22-33(42)41-17-15-40(16-18-41)25-11-13-38-14-12-25)28-19-24(37)20-32(34(28)39-35(36)43)49(44,45)31-10-9-26(46-3)21-30(31)47-4/h5-14,19-21,23H,15-18,22H2,1-4H3,(H,39,43). The fourth-order valence-electron chi connectivity index (χ4n) is 6.54. The van der Waals surface area contributed by atoms with Gasteiger partial charge in [-0.25, -0.2) is 8.42 Å². The van der Waals surface area contributed by atoms with E-state index in [-0.39, 0.29) is 50.2 Å². The van der Waals surface area contributed by atoms with Crippen LogP contribution in [0.4, 0.5) is 11.4 Å². The zero-order chi connectivity index (χ0) is 34.9. The highest BCUT2D eigenvalue weighted by atomic mass is 35.5. The Morgan fingerprint density at radius 3 is 2.31 bits per heavy atom. The van der Waals surface area contributed by atoms with Gasteiger partial charge in [0.25, 0.3) is 0 Å². The number of amides is 2.